The average Bonchev–Trinajstić information content (AvgIpc) is 2.87. The molecule has 0 amide bonds. The summed E-state index contributed by atoms with van der Waals surface area (Å²) in [5.74, 6) is -0.183. The highest BCUT2D eigenvalue weighted by Crippen LogP contribution is 2.28. The summed E-state index contributed by atoms with van der Waals surface area (Å²) in [6.45, 7) is 1.84. The van der Waals surface area contributed by atoms with Crippen molar-refractivity contribution in [2.45, 2.75) is 6.92 Å². The second-order valence-electron chi connectivity index (χ2n) is 4.20. The van der Waals surface area contributed by atoms with E-state index < -0.39 is 5.97 Å². The van der Waals surface area contributed by atoms with Gasteiger partial charge in [0.1, 0.15) is 5.75 Å². The Bertz CT molecular complexity index is 849. The van der Waals surface area contributed by atoms with Gasteiger partial charge in [0.25, 0.3) is 11.6 Å². The van der Waals surface area contributed by atoms with Gasteiger partial charge < -0.3 is 4.74 Å². The number of ether oxygens (including phenoxy) is 1. The predicted molar refractivity (Wildman–Crippen MR) is 79.6 cm³/mol. The van der Waals surface area contributed by atoms with Crippen molar-refractivity contribution in [3.05, 3.63) is 51.5 Å². The monoisotopic (exact) mass is 366 g/mol. The first-order valence-corrected chi connectivity index (χ1v) is 7.07. The highest BCUT2D eigenvalue weighted by Gasteiger charge is 2.18. The van der Waals surface area contributed by atoms with Gasteiger partial charge >= 0.3 is 5.97 Å². The van der Waals surface area contributed by atoms with Crippen LogP contribution < -0.4 is 4.74 Å². The zero-order valence-electron chi connectivity index (χ0n) is 10.7. The molecule has 0 atom stereocenters. The number of rotatable bonds is 2. The van der Waals surface area contributed by atoms with E-state index in [2.05, 4.69) is 31.0 Å². The summed E-state index contributed by atoms with van der Waals surface area (Å²) in [6, 6.07) is 6.70. The highest BCUT2D eigenvalue weighted by atomic mass is 79.9. The lowest BCUT2D eigenvalue weighted by Crippen LogP contribution is -2.11. The molecule has 0 N–H and O–H groups in total. The van der Waals surface area contributed by atoms with Crippen molar-refractivity contribution in [3.63, 3.8) is 0 Å². The molecule has 6 nitrogen and oxygen atoms in total. The molecule has 0 saturated heterocycles. The number of esters is 1. The van der Waals surface area contributed by atoms with Crippen LogP contribution in [-0.4, -0.2) is 25.6 Å². The van der Waals surface area contributed by atoms with Crippen LogP contribution in [0.1, 0.15) is 16.3 Å². The van der Waals surface area contributed by atoms with Gasteiger partial charge in [-0.15, -0.1) is 5.10 Å². The van der Waals surface area contributed by atoms with Crippen molar-refractivity contribution < 1.29 is 9.53 Å². The lowest BCUT2D eigenvalue weighted by Gasteiger charge is -2.03. The fraction of sp³-hybridized carbons (Fsp3) is 0.0769. The number of fused-ring (bicyclic) bond motifs is 1. The van der Waals surface area contributed by atoms with Gasteiger partial charge in [-0.2, -0.15) is 4.98 Å². The van der Waals surface area contributed by atoms with Crippen LogP contribution in [0.25, 0.3) is 5.78 Å². The lowest BCUT2D eigenvalue weighted by atomic mass is 10.3. The Kier molecular flexibility index (Phi) is 3.60. The average molecular weight is 368 g/mol. The third-order valence-electron chi connectivity index (χ3n) is 2.71. The highest BCUT2D eigenvalue weighted by molar-refractivity contribution is 9.10. The van der Waals surface area contributed by atoms with Gasteiger partial charge in [-0.1, -0.05) is 27.5 Å². The van der Waals surface area contributed by atoms with E-state index >= 15 is 0 Å². The molecule has 106 valence electrons. The summed E-state index contributed by atoms with van der Waals surface area (Å²) in [6.07, 6.45) is 1.60. The first-order valence-electron chi connectivity index (χ1n) is 5.90. The molecule has 3 aromatic rings. The van der Waals surface area contributed by atoms with Crippen LogP contribution in [0, 0.1) is 6.92 Å². The summed E-state index contributed by atoms with van der Waals surface area (Å²) in [7, 11) is 0. The number of nitrogens with zero attached hydrogens (tertiary/aromatic N) is 4. The lowest BCUT2D eigenvalue weighted by molar-refractivity contribution is 0.0722. The van der Waals surface area contributed by atoms with Crippen LogP contribution >= 0.6 is 27.5 Å². The van der Waals surface area contributed by atoms with Crippen LogP contribution in [0.2, 0.25) is 5.02 Å². The van der Waals surface area contributed by atoms with Crippen molar-refractivity contribution in [3.8, 4) is 5.75 Å². The number of benzene rings is 1. The van der Waals surface area contributed by atoms with Gasteiger partial charge in [0.15, 0.2) is 0 Å². The van der Waals surface area contributed by atoms with Crippen LogP contribution in [0.3, 0.4) is 0 Å². The molecule has 0 spiro atoms. The number of hydrogen-bond donors (Lipinski definition) is 0. The van der Waals surface area contributed by atoms with Crippen LogP contribution in [0.15, 0.2) is 34.9 Å². The van der Waals surface area contributed by atoms with Gasteiger partial charge in [0, 0.05) is 16.4 Å². The van der Waals surface area contributed by atoms with Gasteiger partial charge in [-0.25, -0.2) is 14.3 Å². The molecule has 2 heterocycles. The van der Waals surface area contributed by atoms with Gasteiger partial charge in [0.05, 0.1) is 5.02 Å². The second kappa shape index (κ2) is 5.42. The number of halogens is 2. The first kappa shape index (κ1) is 14.0. The summed E-state index contributed by atoms with van der Waals surface area (Å²) in [5.41, 5.74) is 0.813. The summed E-state index contributed by atoms with van der Waals surface area (Å²) < 4.78 is 7.46. The van der Waals surface area contributed by atoms with Crippen LogP contribution in [0.4, 0.5) is 0 Å². The van der Waals surface area contributed by atoms with Crippen molar-refractivity contribution >= 4 is 39.3 Å². The molecular weight excluding hydrogens is 360 g/mol. The molecule has 2 aromatic heterocycles. The largest absolute Gasteiger partial charge is 0.419 e. The SMILES string of the molecule is Cc1ccnc2nc(C(=O)Oc3ccc(Br)cc3Cl)nn12. The molecule has 0 aliphatic heterocycles. The van der Waals surface area contributed by atoms with Crippen molar-refractivity contribution in [2.24, 2.45) is 0 Å². The molecule has 21 heavy (non-hydrogen) atoms. The third-order valence-corrected chi connectivity index (χ3v) is 3.50. The topological polar surface area (TPSA) is 69.4 Å². The molecule has 0 unspecified atom stereocenters. The molecule has 8 heteroatoms. The van der Waals surface area contributed by atoms with E-state index in [1.807, 2.05) is 6.92 Å². The molecule has 0 bridgehead atoms. The van der Waals surface area contributed by atoms with E-state index in [1.165, 1.54) is 4.52 Å². The summed E-state index contributed by atoms with van der Waals surface area (Å²) >= 11 is 9.28. The quantitative estimate of drug-likeness (QED) is 0.514. The van der Waals surface area contributed by atoms with E-state index in [4.69, 9.17) is 16.3 Å². The molecule has 1 aromatic carbocycles. The van der Waals surface area contributed by atoms with E-state index in [1.54, 1.807) is 30.5 Å². The van der Waals surface area contributed by atoms with Crippen molar-refractivity contribution in [1.29, 1.82) is 0 Å². The summed E-state index contributed by atoms with van der Waals surface area (Å²) in [5, 5.41) is 4.39. The Hall–Kier alpha value is -1.99. The molecular formula is C13H8BrClN4O2. The molecule has 0 aliphatic carbocycles. The Morgan fingerprint density at radius 3 is 2.90 bits per heavy atom. The van der Waals surface area contributed by atoms with E-state index in [0.29, 0.717) is 10.8 Å². The van der Waals surface area contributed by atoms with Crippen LogP contribution in [0.5, 0.6) is 5.75 Å². The van der Waals surface area contributed by atoms with E-state index in [-0.39, 0.29) is 11.6 Å². The minimum atomic E-state index is -0.691. The fourth-order valence-corrected chi connectivity index (χ4v) is 2.41. The maximum Gasteiger partial charge on any atom is 0.383 e. The smallest absolute Gasteiger partial charge is 0.383 e. The minimum absolute atomic E-state index is 0.0733. The second-order valence-corrected chi connectivity index (χ2v) is 5.52. The molecule has 0 saturated carbocycles. The molecule has 3 rings (SSSR count). The number of aromatic nitrogens is 4. The standard InChI is InChI=1S/C13H8BrClN4O2/c1-7-4-5-16-13-17-11(18-19(7)13)12(20)21-10-3-2-8(14)6-9(10)15/h2-6H,1H3. The molecule has 0 fully saturated rings. The first-order chi connectivity index (χ1) is 10.0. The summed E-state index contributed by atoms with van der Waals surface area (Å²) in [4.78, 5) is 20.1. The van der Waals surface area contributed by atoms with Gasteiger partial charge in [-0.3, -0.25) is 0 Å². The van der Waals surface area contributed by atoms with E-state index in [9.17, 15) is 4.79 Å². The number of carbonyl (C=O) groups is 1. The normalized spacial score (nSPS) is 10.8. The third kappa shape index (κ3) is 2.74. The van der Waals surface area contributed by atoms with Gasteiger partial charge in [0.2, 0.25) is 0 Å². The predicted octanol–water partition coefficient (Wildman–Crippen LogP) is 3.07. The number of hydrogen-bond acceptors (Lipinski definition) is 5. The molecule has 0 aliphatic rings. The zero-order chi connectivity index (χ0) is 15.0. The maximum absolute atomic E-state index is 12.1. The van der Waals surface area contributed by atoms with Crippen LogP contribution in [-0.2, 0) is 0 Å². The Morgan fingerprint density at radius 2 is 2.19 bits per heavy atom. The minimum Gasteiger partial charge on any atom is -0.419 e. The van der Waals surface area contributed by atoms with E-state index in [0.717, 1.165) is 10.2 Å². The Balaban J connectivity index is 1.92. The number of aryl methyl sites for hydroxylation is 1. The molecule has 0 radical (unpaired) electrons. The van der Waals surface area contributed by atoms with Crippen molar-refractivity contribution in [2.75, 3.05) is 0 Å². The van der Waals surface area contributed by atoms with Crippen molar-refractivity contribution in [1.82, 2.24) is 19.6 Å². The Labute approximate surface area is 132 Å². The zero-order valence-corrected chi connectivity index (χ0v) is 13.1. The maximum atomic E-state index is 12.1. The Morgan fingerprint density at radius 1 is 1.38 bits per heavy atom. The number of carbonyl (C=O) groups excluding carboxylic acids is 1. The fourth-order valence-electron chi connectivity index (χ4n) is 1.70. The van der Waals surface area contributed by atoms with Gasteiger partial charge in [-0.05, 0) is 31.2 Å².